The van der Waals surface area contributed by atoms with Crippen molar-refractivity contribution in [2.75, 3.05) is 7.11 Å². The monoisotopic (exact) mass is 292 g/mol. The van der Waals surface area contributed by atoms with E-state index < -0.39 is 5.38 Å². The van der Waals surface area contributed by atoms with Crippen LogP contribution in [0.2, 0.25) is 0 Å². The molecule has 2 aromatic carbocycles. The molecule has 0 aliphatic rings. The van der Waals surface area contributed by atoms with Crippen molar-refractivity contribution in [1.29, 1.82) is 0 Å². The summed E-state index contributed by atoms with van der Waals surface area (Å²) in [7, 11) is 1.65. The summed E-state index contributed by atoms with van der Waals surface area (Å²) in [5.74, 6) is 0.582. The molecular formula is C17H18ClFO. The van der Waals surface area contributed by atoms with Gasteiger partial charge in [-0.15, -0.1) is 11.6 Å². The van der Waals surface area contributed by atoms with Gasteiger partial charge in [0.15, 0.2) is 0 Å². The minimum Gasteiger partial charge on any atom is -0.496 e. The van der Waals surface area contributed by atoms with E-state index in [-0.39, 0.29) is 5.82 Å². The van der Waals surface area contributed by atoms with E-state index in [9.17, 15) is 4.39 Å². The average molecular weight is 293 g/mol. The molecule has 0 saturated carbocycles. The molecule has 106 valence electrons. The van der Waals surface area contributed by atoms with Crippen molar-refractivity contribution in [3.8, 4) is 5.75 Å². The number of rotatable bonds is 3. The van der Waals surface area contributed by atoms with Crippen LogP contribution in [-0.2, 0) is 0 Å². The summed E-state index contributed by atoms with van der Waals surface area (Å²) in [6.45, 7) is 5.78. The zero-order valence-corrected chi connectivity index (χ0v) is 12.9. The third kappa shape index (κ3) is 2.80. The van der Waals surface area contributed by atoms with Crippen molar-refractivity contribution in [3.05, 3.63) is 64.0 Å². The molecule has 3 heteroatoms. The van der Waals surface area contributed by atoms with E-state index in [1.54, 1.807) is 13.2 Å². The van der Waals surface area contributed by atoms with Crippen LogP contribution < -0.4 is 4.74 Å². The maximum atomic E-state index is 14.0. The minimum atomic E-state index is -0.501. The smallest absolute Gasteiger partial charge is 0.128 e. The second-order valence-electron chi connectivity index (χ2n) is 5.08. The number of hydrogen-bond donors (Lipinski definition) is 0. The molecule has 0 heterocycles. The summed E-state index contributed by atoms with van der Waals surface area (Å²) in [6, 6.07) is 9.02. The highest BCUT2D eigenvalue weighted by Crippen LogP contribution is 2.35. The van der Waals surface area contributed by atoms with Crippen LogP contribution in [0.4, 0.5) is 4.39 Å². The molecular weight excluding hydrogens is 275 g/mol. The number of benzene rings is 2. The number of hydrogen-bond acceptors (Lipinski definition) is 1. The van der Waals surface area contributed by atoms with Crippen molar-refractivity contribution < 1.29 is 9.13 Å². The van der Waals surface area contributed by atoms with E-state index in [2.05, 4.69) is 0 Å². The van der Waals surface area contributed by atoms with Crippen LogP contribution in [0.15, 0.2) is 30.3 Å². The van der Waals surface area contributed by atoms with Gasteiger partial charge < -0.3 is 4.74 Å². The lowest BCUT2D eigenvalue weighted by Crippen LogP contribution is -2.00. The standard InChI is InChI=1S/C17H18ClFO/c1-10-5-6-14(15(19)7-10)16(18)13-8-11(2)17(20-4)12(3)9-13/h5-9,16H,1-4H3. The molecule has 1 unspecified atom stereocenters. The molecule has 0 spiro atoms. The summed E-state index contributed by atoms with van der Waals surface area (Å²) < 4.78 is 19.4. The van der Waals surface area contributed by atoms with Gasteiger partial charge in [-0.05, 0) is 49.1 Å². The van der Waals surface area contributed by atoms with Gasteiger partial charge in [-0.3, -0.25) is 0 Å². The molecule has 0 radical (unpaired) electrons. The van der Waals surface area contributed by atoms with Crippen molar-refractivity contribution in [3.63, 3.8) is 0 Å². The zero-order valence-electron chi connectivity index (χ0n) is 12.1. The maximum absolute atomic E-state index is 14.0. The van der Waals surface area contributed by atoms with Gasteiger partial charge in [0.05, 0.1) is 12.5 Å². The van der Waals surface area contributed by atoms with Crippen LogP contribution in [0.5, 0.6) is 5.75 Å². The first-order chi connectivity index (χ1) is 9.43. The number of alkyl halides is 1. The lowest BCUT2D eigenvalue weighted by atomic mass is 9.98. The fraction of sp³-hybridized carbons (Fsp3) is 0.294. The van der Waals surface area contributed by atoms with E-state index in [4.69, 9.17) is 16.3 Å². The Balaban J connectivity index is 2.45. The fourth-order valence-electron chi connectivity index (χ4n) is 2.47. The molecule has 0 bridgehead atoms. The number of aryl methyl sites for hydroxylation is 3. The number of halogens is 2. The lowest BCUT2D eigenvalue weighted by molar-refractivity contribution is 0.408. The van der Waals surface area contributed by atoms with Crippen LogP contribution >= 0.6 is 11.6 Å². The van der Waals surface area contributed by atoms with Gasteiger partial charge in [-0.25, -0.2) is 4.39 Å². The first-order valence-electron chi connectivity index (χ1n) is 6.49. The first-order valence-corrected chi connectivity index (χ1v) is 6.93. The Morgan fingerprint density at radius 1 is 1.05 bits per heavy atom. The molecule has 1 atom stereocenters. The number of ether oxygens (including phenoxy) is 1. The highest BCUT2D eigenvalue weighted by Gasteiger charge is 2.17. The van der Waals surface area contributed by atoms with Crippen molar-refractivity contribution in [1.82, 2.24) is 0 Å². The third-order valence-corrected chi connectivity index (χ3v) is 3.90. The summed E-state index contributed by atoms with van der Waals surface area (Å²) in [5, 5.41) is -0.501. The predicted molar refractivity (Wildman–Crippen MR) is 81.3 cm³/mol. The SMILES string of the molecule is COc1c(C)cc(C(Cl)c2ccc(C)cc2F)cc1C. The Labute approximate surface area is 124 Å². The van der Waals surface area contributed by atoms with Crippen molar-refractivity contribution >= 4 is 11.6 Å². The van der Waals surface area contributed by atoms with Crippen LogP contribution in [0, 0.1) is 26.6 Å². The second kappa shape index (κ2) is 5.84. The Kier molecular flexibility index (Phi) is 4.34. The summed E-state index contributed by atoms with van der Waals surface area (Å²) in [6.07, 6.45) is 0. The topological polar surface area (TPSA) is 9.23 Å². The van der Waals surface area contributed by atoms with Crippen LogP contribution in [0.25, 0.3) is 0 Å². The van der Waals surface area contributed by atoms with Gasteiger partial charge in [0.25, 0.3) is 0 Å². The van der Waals surface area contributed by atoms with Crippen LogP contribution in [0.1, 0.15) is 33.2 Å². The molecule has 20 heavy (non-hydrogen) atoms. The lowest BCUT2D eigenvalue weighted by Gasteiger charge is -2.16. The molecule has 0 aromatic heterocycles. The quantitative estimate of drug-likeness (QED) is 0.716. The van der Waals surface area contributed by atoms with Crippen LogP contribution in [0.3, 0.4) is 0 Å². The largest absolute Gasteiger partial charge is 0.496 e. The van der Waals surface area contributed by atoms with E-state index in [0.29, 0.717) is 5.56 Å². The Hall–Kier alpha value is -1.54. The summed E-state index contributed by atoms with van der Waals surface area (Å²) >= 11 is 6.45. The molecule has 0 aliphatic carbocycles. The molecule has 0 aliphatic heterocycles. The van der Waals surface area contributed by atoms with Crippen molar-refractivity contribution in [2.24, 2.45) is 0 Å². The average Bonchev–Trinajstić information content (AvgIpc) is 2.37. The van der Waals surface area contributed by atoms with E-state index in [1.807, 2.05) is 39.0 Å². The fourth-order valence-corrected chi connectivity index (χ4v) is 2.77. The molecule has 2 rings (SSSR count). The molecule has 0 N–H and O–H groups in total. The third-order valence-electron chi connectivity index (χ3n) is 3.41. The summed E-state index contributed by atoms with van der Waals surface area (Å²) in [5.41, 5.74) is 4.27. The summed E-state index contributed by atoms with van der Waals surface area (Å²) in [4.78, 5) is 0. The van der Waals surface area contributed by atoms with E-state index in [1.165, 1.54) is 6.07 Å². The Morgan fingerprint density at radius 3 is 2.15 bits per heavy atom. The maximum Gasteiger partial charge on any atom is 0.128 e. The molecule has 1 nitrogen and oxygen atoms in total. The van der Waals surface area contributed by atoms with Crippen LogP contribution in [-0.4, -0.2) is 7.11 Å². The first kappa shape index (κ1) is 14.9. The molecule has 0 saturated heterocycles. The van der Waals surface area contributed by atoms with Gasteiger partial charge >= 0.3 is 0 Å². The molecule has 0 fully saturated rings. The highest BCUT2D eigenvalue weighted by atomic mass is 35.5. The van der Waals surface area contributed by atoms with E-state index in [0.717, 1.165) is 28.0 Å². The number of methoxy groups -OCH3 is 1. The zero-order chi connectivity index (χ0) is 14.9. The van der Waals surface area contributed by atoms with Gasteiger partial charge in [-0.1, -0.05) is 24.3 Å². The van der Waals surface area contributed by atoms with Gasteiger partial charge in [0.2, 0.25) is 0 Å². The van der Waals surface area contributed by atoms with Gasteiger partial charge in [0.1, 0.15) is 11.6 Å². The second-order valence-corrected chi connectivity index (χ2v) is 5.51. The highest BCUT2D eigenvalue weighted by molar-refractivity contribution is 6.22. The Morgan fingerprint density at radius 2 is 1.65 bits per heavy atom. The predicted octanol–water partition coefficient (Wildman–Crippen LogP) is 5.09. The minimum absolute atomic E-state index is 0.267. The van der Waals surface area contributed by atoms with Gasteiger partial charge in [-0.2, -0.15) is 0 Å². The molecule has 2 aromatic rings. The molecule has 0 amide bonds. The van der Waals surface area contributed by atoms with Gasteiger partial charge in [0, 0.05) is 5.56 Å². The van der Waals surface area contributed by atoms with E-state index >= 15 is 0 Å². The normalized spacial score (nSPS) is 12.3. The van der Waals surface area contributed by atoms with Crippen molar-refractivity contribution in [2.45, 2.75) is 26.1 Å². The Bertz CT molecular complexity index is 614.